The molecule has 1 aromatic heterocycles. The van der Waals surface area contributed by atoms with Gasteiger partial charge in [0.15, 0.2) is 0 Å². The fourth-order valence-electron chi connectivity index (χ4n) is 2.18. The standard InChI is InChI=1S/C16H7Cl4NO/c17-11-5-4-8(6-13(11)19)14-7-10(16(20)22)9-2-1-3-12(18)15(9)21-14/h1-7H. The highest BCUT2D eigenvalue weighted by atomic mass is 35.5. The van der Waals surface area contributed by atoms with Crippen molar-refractivity contribution in [2.75, 3.05) is 0 Å². The Kier molecular flexibility index (Phi) is 4.28. The van der Waals surface area contributed by atoms with Crippen molar-refractivity contribution in [3.8, 4) is 11.3 Å². The molecule has 0 saturated heterocycles. The second-order valence-electron chi connectivity index (χ2n) is 4.59. The van der Waals surface area contributed by atoms with Crippen LogP contribution in [0, 0.1) is 0 Å². The lowest BCUT2D eigenvalue weighted by atomic mass is 10.0. The van der Waals surface area contributed by atoms with Gasteiger partial charge >= 0.3 is 0 Å². The molecule has 1 heterocycles. The first-order chi connectivity index (χ1) is 10.5. The highest BCUT2D eigenvalue weighted by Gasteiger charge is 2.14. The molecule has 2 nitrogen and oxygen atoms in total. The van der Waals surface area contributed by atoms with Gasteiger partial charge in [0.25, 0.3) is 5.24 Å². The van der Waals surface area contributed by atoms with Gasteiger partial charge in [-0.05, 0) is 35.9 Å². The van der Waals surface area contributed by atoms with E-state index >= 15 is 0 Å². The van der Waals surface area contributed by atoms with Gasteiger partial charge in [-0.1, -0.05) is 53.0 Å². The molecule has 0 spiro atoms. The van der Waals surface area contributed by atoms with Crippen LogP contribution < -0.4 is 0 Å². The molecule has 0 unspecified atom stereocenters. The minimum Gasteiger partial charge on any atom is -0.276 e. The van der Waals surface area contributed by atoms with Crippen LogP contribution in [0.2, 0.25) is 15.1 Å². The first-order valence-electron chi connectivity index (χ1n) is 6.22. The summed E-state index contributed by atoms with van der Waals surface area (Å²) in [4.78, 5) is 16.2. The summed E-state index contributed by atoms with van der Waals surface area (Å²) >= 11 is 23.8. The predicted molar refractivity (Wildman–Crippen MR) is 92.4 cm³/mol. The third kappa shape index (κ3) is 2.80. The van der Waals surface area contributed by atoms with Crippen molar-refractivity contribution in [3.63, 3.8) is 0 Å². The number of para-hydroxylation sites is 1. The van der Waals surface area contributed by atoms with E-state index in [1.807, 2.05) is 0 Å². The smallest absolute Gasteiger partial charge is 0.253 e. The van der Waals surface area contributed by atoms with Gasteiger partial charge in [0, 0.05) is 16.5 Å². The number of hydrogen-bond acceptors (Lipinski definition) is 2. The quantitative estimate of drug-likeness (QED) is 0.499. The van der Waals surface area contributed by atoms with E-state index < -0.39 is 5.24 Å². The minimum atomic E-state index is -0.573. The number of halogens is 4. The molecule has 0 fully saturated rings. The minimum absolute atomic E-state index is 0.343. The number of fused-ring (bicyclic) bond motifs is 1. The summed E-state index contributed by atoms with van der Waals surface area (Å²) in [5.74, 6) is 0. The van der Waals surface area contributed by atoms with E-state index in [9.17, 15) is 4.79 Å². The number of aromatic nitrogens is 1. The Labute approximate surface area is 146 Å². The van der Waals surface area contributed by atoms with Gasteiger partial charge in [0.05, 0.1) is 26.3 Å². The SMILES string of the molecule is O=C(Cl)c1cc(-c2ccc(Cl)c(Cl)c2)nc2c(Cl)cccc12. The van der Waals surface area contributed by atoms with E-state index in [2.05, 4.69) is 4.98 Å². The zero-order valence-electron chi connectivity index (χ0n) is 10.9. The summed E-state index contributed by atoms with van der Waals surface area (Å²) in [5.41, 5.74) is 2.12. The lowest BCUT2D eigenvalue weighted by Gasteiger charge is -2.09. The van der Waals surface area contributed by atoms with E-state index in [1.165, 1.54) is 0 Å². The van der Waals surface area contributed by atoms with E-state index in [0.717, 1.165) is 5.56 Å². The Morgan fingerprint density at radius 3 is 2.36 bits per heavy atom. The van der Waals surface area contributed by atoms with E-state index in [-0.39, 0.29) is 0 Å². The third-order valence-electron chi connectivity index (χ3n) is 3.22. The fourth-order valence-corrected chi connectivity index (χ4v) is 2.85. The molecule has 0 bridgehead atoms. The summed E-state index contributed by atoms with van der Waals surface area (Å²) in [5, 5.41) is 1.32. The van der Waals surface area contributed by atoms with Crippen LogP contribution in [0.15, 0.2) is 42.5 Å². The van der Waals surface area contributed by atoms with Gasteiger partial charge in [0.2, 0.25) is 0 Å². The van der Waals surface area contributed by atoms with E-state index in [4.69, 9.17) is 46.4 Å². The zero-order chi connectivity index (χ0) is 15.9. The molecule has 6 heteroatoms. The number of benzene rings is 2. The number of carbonyl (C=O) groups excluding carboxylic acids is 1. The van der Waals surface area contributed by atoms with Gasteiger partial charge in [-0.3, -0.25) is 4.79 Å². The molecule has 3 aromatic rings. The maximum Gasteiger partial charge on any atom is 0.253 e. The third-order valence-corrected chi connectivity index (χ3v) is 4.47. The molecule has 0 atom stereocenters. The first kappa shape index (κ1) is 15.6. The largest absolute Gasteiger partial charge is 0.276 e. The Bertz CT molecular complexity index is 908. The van der Waals surface area contributed by atoms with Crippen molar-refractivity contribution in [2.45, 2.75) is 0 Å². The lowest BCUT2D eigenvalue weighted by molar-refractivity contribution is 0.108. The molecule has 2 aromatic carbocycles. The normalized spacial score (nSPS) is 10.9. The molecule has 3 rings (SSSR count). The van der Waals surface area contributed by atoms with Crippen molar-refractivity contribution < 1.29 is 4.79 Å². The zero-order valence-corrected chi connectivity index (χ0v) is 13.9. The Morgan fingerprint density at radius 2 is 1.68 bits per heavy atom. The maximum atomic E-state index is 11.7. The summed E-state index contributed by atoms with van der Waals surface area (Å²) in [7, 11) is 0. The van der Waals surface area contributed by atoms with Gasteiger partial charge in [-0.15, -0.1) is 0 Å². The number of hydrogen-bond donors (Lipinski definition) is 0. The summed E-state index contributed by atoms with van der Waals surface area (Å²) < 4.78 is 0. The molecule has 0 aliphatic rings. The van der Waals surface area contributed by atoms with Gasteiger partial charge in [-0.25, -0.2) is 4.98 Å². The second-order valence-corrected chi connectivity index (χ2v) is 6.16. The van der Waals surface area contributed by atoms with Crippen LogP contribution in [0.25, 0.3) is 22.2 Å². The predicted octanol–water partition coefficient (Wildman–Crippen LogP) is 6.24. The summed E-state index contributed by atoms with van der Waals surface area (Å²) in [6.45, 7) is 0. The summed E-state index contributed by atoms with van der Waals surface area (Å²) in [6.07, 6.45) is 0. The highest BCUT2D eigenvalue weighted by molar-refractivity contribution is 6.68. The van der Waals surface area contributed by atoms with Crippen molar-refractivity contribution in [2.24, 2.45) is 0 Å². The van der Waals surface area contributed by atoms with Crippen LogP contribution in [0.1, 0.15) is 10.4 Å². The Morgan fingerprint density at radius 1 is 0.909 bits per heavy atom. The molecule has 110 valence electrons. The lowest BCUT2D eigenvalue weighted by Crippen LogP contribution is -1.96. The summed E-state index contributed by atoms with van der Waals surface area (Å²) in [6, 6.07) is 11.9. The first-order valence-corrected chi connectivity index (χ1v) is 7.73. The van der Waals surface area contributed by atoms with Crippen LogP contribution in [-0.2, 0) is 0 Å². The van der Waals surface area contributed by atoms with Gasteiger partial charge in [-0.2, -0.15) is 0 Å². The number of nitrogens with zero attached hydrogens (tertiary/aromatic N) is 1. The molecule has 0 saturated carbocycles. The Balaban J connectivity index is 2.33. The van der Waals surface area contributed by atoms with Crippen molar-refractivity contribution in [1.82, 2.24) is 4.98 Å². The average Bonchev–Trinajstić information content (AvgIpc) is 2.49. The van der Waals surface area contributed by atoms with Gasteiger partial charge < -0.3 is 0 Å². The monoisotopic (exact) mass is 369 g/mol. The van der Waals surface area contributed by atoms with Crippen LogP contribution in [-0.4, -0.2) is 10.2 Å². The Hall–Kier alpha value is -1.32. The van der Waals surface area contributed by atoms with E-state index in [0.29, 0.717) is 37.2 Å². The number of rotatable bonds is 2. The van der Waals surface area contributed by atoms with Crippen LogP contribution in [0.5, 0.6) is 0 Å². The molecule has 0 radical (unpaired) electrons. The molecule has 22 heavy (non-hydrogen) atoms. The molecular formula is C16H7Cl4NO. The molecular weight excluding hydrogens is 364 g/mol. The van der Waals surface area contributed by atoms with Crippen LogP contribution in [0.4, 0.5) is 0 Å². The molecule has 0 aliphatic carbocycles. The average molecular weight is 371 g/mol. The topological polar surface area (TPSA) is 30.0 Å². The number of carbonyl (C=O) groups is 1. The number of pyridine rings is 1. The van der Waals surface area contributed by atoms with Crippen LogP contribution >= 0.6 is 46.4 Å². The van der Waals surface area contributed by atoms with Crippen molar-refractivity contribution >= 4 is 62.5 Å². The van der Waals surface area contributed by atoms with Gasteiger partial charge in [0.1, 0.15) is 0 Å². The highest BCUT2D eigenvalue weighted by Crippen LogP contribution is 2.32. The molecule has 0 N–H and O–H groups in total. The van der Waals surface area contributed by atoms with Crippen molar-refractivity contribution in [3.05, 3.63) is 63.1 Å². The van der Waals surface area contributed by atoms with E-state index in [1.54, 1.807) is 42.5 Å². The van der Waals surface area contributed by atoms with Crippen LogP contribution in [0.3, 0.4) is 0 Å². The maximum absolute atomic E-state index is 11.7. The second kappa shape index (κ2) is 6.05. The van der Waals surface area contributed by atoms with Crippen molar-refractivity contribution in [1.29, 1.82) is 0 Å². The fraction of sp³-hybridized carbons (Fsp3) is 0. The molecule has 0 aliphatic heterocycles. The molecule has 0 amide bonds.